The largest absolute Gasteiger partial charge is 0.506 e. The van der Waals surface area contributed by atoms with Crippen molar-refractivity contribution in [1.82, 2.24) is 8.96 Å². The van der Waals surface area contributed by atoms with Crippen LogP contribution in [0, 0.1) is 6.92 Å². The molecule has 6 heteroatoms. The van der Waals surface area contributed by atoms with Crippen molar-refractivity contribution >= 4 is 50.2 Å². The van der Waals surface area contributed by atoms with Gasteiger partial charge in [-0.1, -0.05) is 18.2 Å². The van der Waals surface area contributed by atoms with Crippen LogP contribution in [0.4, 0.5) is 0 Å². The molecule has 0 saturated carbocycles. The smallest absolute Gasteiger partial charge is 0.150 e. The monoisotopic (exact) mass is 416 g/mol. The number of aryl methyl sites for hydroxylation is 1. The molecule has 1 aromatic carbocycles. The Bertz CT molecular complexity index is 1020. The second kappa shape index (κ2) is 6.27. The van der Waals surface area contributed by atoms with E-state index in [2.05, 4.69) is 43.1 Å². The topological polar surface area (TPSA) is 38.0 Å². The number of benzene rings is 1. The molecule has 4 rings (SSSR count). The lowest BCUT2D eigenvalue weighted by Gasteiger charge is -2.05. The van der Waals surface area contributed by atoms with Crippen molar-refractivity contribution < 1.29 is 5.11 Å². The molecule has 0 atom stereocenters. The molecule has 0 aliphatic rings. The Hall–Kier alpha value is -1.76. The molecule has 24 heavy (non-hydrogen) atoms. The van der Waals surface area contributed by atoms with Crippen molar-refractivity contribution in [2.45, 2.75) is 11.8 Å². The minimum Gasteiger partial charge on any atom is -0.506 e. The molecule has 0 radical (unpaired) electrons. The molecule has 1 N–H and O–H groups in total. The molecule has 3 aromatic heterocycles. The molecule has 0 saturated heterocycles. The van der Waals surface area contributed by atoms with Gasteiger partial charge in [-0.3, -0.25) is 3.97 Å². The fraction of sp³-hybridized carbons (Fsp3) is 0.0556. The summed E-state index contributed by atoms with van der Waals surface area (Å²) in [6, 6.07) is 14.3. The van der Waals surface area contributed by atoms with Gasteiger partial charge < -0.3 is 5.11 Å². The molecule has 0 spiro atoms. The van der Waals surface area contributed by atoms with E-state index >= 15 is 0 Å². The van der Waals surface area contributed by atoms with Crippen LogP contribution in [0.1, 0.15) is 4.88 Å². The molecule has 3 heterocycles. The number of fused-ring (bicyclic) bond motifs is 1. The van der Waals surface area contributed by atoms with Crippen LogP contribution < -0.4 is 0 Å². The second-order valence-corrected chi connectivity index (χ2v) is 8.36. The van der Waals surface area contributed by atoms with Crippen LogP contribution in [0.5, 0.6) is 5.75 Å². The average Bonchev–Trinajstić information content (AvgIpc) is 3.12. The Kier molecular flexibility index (Phi) is 4.12. The van der Waals surface area contributed by atoms with E-state index < -0.39 is 0 Å². The number of nitrogens with zero attached hydrogens (tertiary/aromatic N) is 2. The third-order valence-corrected chi connectivity index (χ3v) is 6.88. The fourth-order valence-electron chi connectivity index (χ4n) is 2.56. The van der Waals surface area contributed by atoms with Crippen molar-refractivity contribution in [2.24, 2.45) is 0 Å². The van der Waals surface area contributed by atoms with Crippen molar-refractivity contribution in [3.05, 3.63) is 64.2 Å². The van der Waals surface area contributed by atoms with E-state index in [9.17, 15) is 5.11 Å². The number of hydrogen-bond donors (Lipinski definition) is 1. The van der Waals surface area contributed by atoms with Crippen LogP contribution in [-0.4, -0.2) is 14.1 Å². The van der Waals surface area contributed by atoms with Gasteiger partial charge in [0.05, 0.1) is 9.35 Å². The molecule has 0 aliphatic carbocycles. The summed E-state index contributed by atoms with van der Waals surface area (Å²) in [4.78, 5) is 7.64. The highest BCUT2D eigenvalue weighted by atomic mass is 79.9. The quantitative estimate of drug-likeness (QED) is 0.438. The highest BCUT2D eigenvalue weighted by molar-refractivity contribution is 9.10. The van der Waals surface area contributed by atoms with E-state index in [1.807, 2.05) is 43.6 Å². The Labute approximate surface area is 156 Å². The van der Waals surface area contributed by atoms with Crippen molar-refractivity contribution in [3.8, 4) is 16.2 Å². The highest BCUT2D eigenvalue weighted by Gasteiger charge is 2.17. The predicted octanol–water partition coefficient (Wildman–Crippen LogP) is 6.10. The number of rotatable bonds is 3. The third-order valence-electron chi connectivity index (χ3n) is 3.74. The minimum atomic E-state index is 0.318. The Morgan fingerprint density at radius 2 is 1.96 bits per heavy atom. The molecule has 3 nitrogen and oxygen atoms in total. The lowest BCUT2D eigenvalue weighted by Crippen LogP contribution is -1.88. The van der Waals surface area contributed by atoms with Crippen LogP contribution in [0.25, 0.3) is 21.5 Å². The van der Waals surface area contributed by atoms with E-state index in [0.717, 1.165) is 35.7 Å². The Morgan fingerprint density at radius 1 is 1.17 bits per heavy atom. The van der Waals surface area contributed by atoms with Crippen LogP contribution in [0.15, 0.2) is 64.2 Å². The maximum absolute atomic E-state index is 10.1. The van der Waals surface area contributed by atoms with Crippen LogP contribution in [0.2, 0.25) is 0 Å². The minimum absolute atomic E-state index is 0.318. The first kappa shape index (κ1) is 15.7. The van der Waals surface area contributed by atoms with Crippen LogP contribution >= 0.6 is 39.2 Å². The molecular weight excluding hydrogens is 404 g/mol. The summed E-state index contributed by atoms with van der Waals surface area (Å²) in [5.41, 5.74) is 1.99. The summed E-state index contributed by atoms with van der Waals surface area (Å²) < 4.78 is 2.82. The van der Waals surface area contributed by atoms with Crippen molar-refractivity contribution in [2.75, 3.05) is 0 Å². The number of pyridine rings is 1. The summed E-state index contributed by atoms with van der Waals surface area (Å²) in [7, 11) is 0. The molecular formula is C18H13BrN2OS2. The molecule has 120 valence electrons. The van der Waals surface area contributed by atoms with Crippen LogP contribution in [0.3, 0.4) is 0 Å². The Morgan fingerprint density at radius 3 is 2.67 bits per heavy atom. The van der Waals surface area contributed by atoms with Gasteiger partial charge in [0.25, 0.3) is 0 Å². The van der Waals surface area contributed by atoms with Crippen LogP contribution in [-0.2, 0) is 0 Å². The molecule has 0 bridgehead atoms. The number of aromatic hydroxyl groups is 1. The number of aromatic nitrogens is 2. The van der Waals surface area contributed by atoms with Gasteiger partial charge in [-0.05, 0) is 59.1 Å². The standard InChI is InChI=1S/C18H13BrN2OS2/c1-11-16(22)15(19)17(23-11)13-7-9-20-18-14(13)8-10-21(18)24-12-5-3-2-4-6-12/h2-10,22H,1H3. The number of thiophene rings is 1. The Balaban J connectivity index is 1.83. The average molecular weight is 417 g/mol. The maximum Gasteiger partial charge on any atom is 0.150 e. The number of hydrogen-bond acceptors (Lipinski definition) is 4. The lowest BCUT2D eigenvalue weighted by molar-refractivity contribution is 0.471. The van der Waals surface area contributed by atoms with Crippen molar-refractivity contribution in [1.29, 1.82) is 0 Å². The second-order valence-electron chi connectivity index (χ2n) is 5.29. The van der Waals surface area contributed by atoms with E-state index in [1.165, 1.54) is 0 Å². The molecule has 0 aliphatic heterocycles. The SMILES string of the molecule is Cc1sc(-c2ccnc3c2ccn3Sc2ccccc2)c(Br)c1O. The van der Waals surface area contributed by atoms with Gasteiger partial charge in [-0.15, -0.1) is 11.3 Å². The lowest BCUT2D eigenvalue weighted by atomic mass is 10.1. The molecule has 0 unspecified atom stereocenters. The summed E-state index contributed by atoms with van der Waals surface area (Å²) in [6.07, 6.45) is 3.85. The summed E-state index contributed by atoms with van der Waals surface area (Å²) >= 11 is 6.73. The summed E-state index contributed by atoms with van der Waals surface area (Å²) in [6.45, 7) is 1.92. The maximum atomic E-state index is 10.1. The van der Waals surface area contributed by atoms with E-state index in [4.69, 9.17) is 0 Å². The summed E-state index contributed by atoms with van der Waals surface area (Å²) in [5, 5.41) is 11.2. The molecule has 0 fully saturated rings. The molecule has 0 amide bonds. The predicted molar refractivity (Wildman–Crippen MR) is 105 cm³/mol. The third kappa shape index (κ3) is 2.64. The zero-order valence-electron chi connectivity index (χ0n) is 12.7. The zero-order chi connectivity index (χ0) is 16.7. The van der Waals surface area contributed by atoms with E-state index in [0.29, 0.717) is 5.75 Å². The normalized spacial score (nSPS) is 11.2. The van der Waals surface area contributed by atoms with E-state index in [-0.39, 0.29) is 0 Å². The first-order chi connectivity index (χ1) is 11.6. The van der Waals surface area contributed by atoms with Gasteiger partial charge in [0.2, 0.25) is 0 Å². The fourth-order valence-corrected chi connectivity index (χ4v) is 5.29. The first-order valence-electron chi connectivity index (χ1n) is 7.33. The first-order valence-corrected chi connectivity index (χ1v) is 9.71. The van der Waals surface area contributed by atoms with E-state index in [1.54, 1.807) is 23.3 Å². The van der Waals surface area contributed by atoms with Crippen molar-refractivity contribution in [3.63, 3.8) is 0 Å². The van der Waals surface area contributed by atoms with Gasteiger partial charge in [0.1, 0.15) is 5.75 Å². The van der Waals surface area contributed by atoms with Gasteiger partial charge in [-0.2, -0.15) is 0 Å². The highest BCUT2D eigenvalue weighted by Crippen LogP contribution is 2.46. The van der Waals surface area contributed by atoms with Gasteiger partial charge >= 0.3 is 0 Å². The zero-order valence-corrected chi connectivity index (χ0v) is 16.0. The van der Waals surface area contributed by atoms with Gasteiger partial charge in [-0.25, -0.2) is 4.98 Å². The van der Waals surface area contributed by atoms with Gasteiger partial charge in [0.15, 0.2) is 5.65 Å². The number of halogens is 1. The molecule has 4 aromatic rings. The summed E-state index contributed by atoms with van der Waals surface area (Å²) in [5.74, 6) is 0.318. The van der Waals surface area contributed by atoms with Gasteiger partial charge in [0, 0.05) is 33.1 Å².